The molecule has 0 bridgehead atoms. The van der Waals surface area contributed by atoms with Crippen LogP contribution in [-0.4, -0.2) is 23.0 Å². The van der Waals surface area contributed by atoms with E-state index in [0.29, 0.717) is 28.8 Å². The summed E-state index contributed by atoms with van der Waals surface area (Å²) in [7, 11) is 0. The predicted molar refractivity (Wildman–Crippen MR) is 85.5 cm³/mol. The highest BCUT2D eigenvalue weighted by Crippen LogP contribution is 2.26. The molecule has 1 aliphatic rings. The molecule has 0 fully saturated rings. The molecule has 124 valence electrons. The molecule has 0 saturated heterocycles. The number of nitrogens with one attached hydrogen (secondary N) is 2. The van der Waals surface area contributed by atoms with Crippen LogP contribution in [-0.2, 0) is 9.63 Å². The predicted octanol–water partition coefficient (Wildman–Crippen LogP) is 2.16. The molecular weight excluding hydrogens is 313 g/mol. The largest absolute Gasteiger partial charge is 0.325 e. The topological polar surface area (TPSA) is 72.4 Å². The van der Waals surface area contributed by atoms with Gasteiger partial charge in [-0.1, -0.05) is 6.07 Å². The Morgan fingerprint density at radius 1 is 1.42 bits per heavy atom. The van der Waals surface area contributed by atoms with E-state index < -0.39 is 12.0 Å². The Labute approximate surface area is 137 Å². The van der Waals surface area contributed by atoms with Gasteiger partial charge in [-0.15, -0.1) is 0 Å². The van der Waals surface area contributed by atoms with Crippen molar-refractivity contribution in [3.63, 3.8) is 0 Å². The summed E-state index contributed by atoms with van der Waals surface area (Å²) in [5.41, 5.74) is 5.50. The molecule has 7 heteroatoms. The van der Waals surface area contributed by atoms with Crippen LogP contribution in [0.4, 0.5) is 4.39 Å². The molecule has 0 radical (unpaired) electrons. The Bertz CT molecular complexity index is 841. The van der Waals surface area contributed by atoms with Gasteiger partial charge in [0.05, 0.1) is 11.4 Å². The standard InChI is InChI=1S/C17H16FN3O3/c1-10-16(20-24-17(10)19-11(2)23)13-3-4-15(14(18)7-13)21-6-5-12(8-21)9-22/h3-9,17,20H,1-2H3,(H,19,23). The summed E-state index contributed by atoms with van der Waals surface area (Å²) < 4.78 is 16.0. The quantitative estimate of drug-likeness (QED) is 0.843. The molecule has 1 atom stereocenters. The van der Waals surface area contributed by atoms with Crippen LogP contribution < -0.4 is 10.8 Å². The molecule has 2 aromatic rings. The fourth-order valence-corrected chi connectivity index (χ4v) is 2.53. The SMILES string of the molecule is CC(=O)NC1ONC(c2ccc(-n3ccc(C=O)c3)c(F)c2)=C1C. The molecule has 1 unspecified atom stereocenters. The summed E-state index contributed by atoms with van der Waals surface area (Å²) in [5, 5.41) is 2.64. The van der Waals surface area contributed by atoms with Crippen molar-refractivity contribution in [2.24, 2.45) is 0 Å². The first-order valence-corrected chi connectivity index (χ1v) is 7.32. The van der Waals surface area contributed by atoms with Crippen molar-refractivity contribution in [2.45, 2.75) is 20.1 Å². The maximum atomic E-state index is 14.5. The van der Waals surface area contributed by atoms with E-state index >= 15 is 0 Å². The van der Waals surface area contributed by atoms with Crippen LogP contribution in [0.5, 0.6) is 0 Å². The van der Waals surface area contributed by atoms with Gasteiger partial charge in [-0.25, -0.2) is 9.23 Å². The molecule has 2 N–H and O–H groups in total. The average Bonchev–Trinajstić information content (AvgIpc) is 3.15. The molecule has 0 saturated carbocycles. The number of aromatic nitrogens is 1. The molecular formula is C17H16FN3O3. The Morgan fingerprint density at radius 3 is 2.83 bits per heavy atom. The van der Waals surface area contributed by atoms with Crippen molar-refractivity contribution in [3.8, 4) is 5.69 Å². The van der Waals surface area contributed by atoms with Gasteiger partial charge in [-0.05, 0) is 25.1 Å². The van der Waals surface area contributed by atoms with Crippen LogP contribution in [0.25, 0.3) is 11.4 Å². The number of amides is 1. The minimum absolute atomic E-state index is 0.220. The number of benzene rings is 1. The van der Waals surface area contributed by atoms with E-state index in [-0.39, 0.29) is 5.91 Å². The van der Waals surface area contributed by atoms with Crippen LogP contribution in [0.1, 0.15) is 29.8 Å². The molecule has 1 aromatic carbocycles. The zero-order chi connectivity index (χ0) is 17.3. The van der Waals surface area contributed by atoms with E-state index in [2.05, 4.69) is 10.8 Å². The molecule has 6 nitrogen and oxygen atoms in total. The number of nitrogens with zero attached hydrogens (tertiary/aromatic N) is 1. The second kappa shape index (κ2) is 6.29. The Kier molecular flexibility index (Phi) is 4.18. The molecule has 3 rings (SSSR count). The van der Waals surface area contributed by atoms with E-state index in [9.17, 15) is 14.0 Å². The summed E-state index contributed by atoms with van der Waals surface area (Å²) >= 11 is 0. The van der Waals surface area contributed by atoms with Gasteiger partial charge >= 0.3 is 0 Å². The zero-order valence-electron chi connectivity index (χ0n) is 13.2. The highest BCUT2D eigenvalue weighted by atomic mass is 19.1. The van der Waals surface area contributed by atoms with Crippen molar-refractivity contribution in [2.75, 3.05) is 0 Å². The van der Waals surface area contributed by atoms with Gasteiger partial charge in [0, 0.05) is 36.0 Å². The third-order valence-corrected chi connectivity index (χ3v) is 3.77. The molecule has 0 spiro atoms. The van der Waals surface area contributed by atoms with Gasteiger partial charge in [-0.2, -0.15) is 0 Å². The van der Waals surface area contributed by atoms with E-state index in [1.165, 1.54) is 13.0 Å². The van der Waals surface area contributed by atoms with Gasteiger partial charge in [0.25, 0.3) is 0 Å². The lowest BCUT2D eigenvalue weighted by Gasteiger charge is -2.09. The van der Waals surface area contributed by atoms with Crippen molar-refractivity contribution in [3.05, 3.63) is 59.2 Å². The Balaban J connectivity index is 1.91. The van der Waals surface area contributed by atoms with Crippen LogP contribution in [0.15, 0.2) is 42.2 Å². The molecule has 0 aliphatic carbocycles. The molecule has 24 heavy (non-hydrogen) atoms. The third-order valence-electron chi connectivity index (χ3n) is 3.77. The zero-order valence-corrected chi connectivity index (χ0v) is 13.2. The van der Waals surface area contributed by atoms with Crippen molar-refractivity contribution >= 4 is 17.9 Å². The number of rotatable bonds is 4. The lowest BCUT2D eigenvalue weighted by molar-refractivity contribution is -0.122. The van der Waals surface area contributed by atoms with Crippen LogP contribution >= 0.6 is 0 Å². The van der Waals surface area contributed by atoms with Gasteiger partial charge in [0.2, 0.25) is 5.91 Å². The lowest BCUT2D eigenvalue weighted by Crippen LogP contribution is -2.34. The number of hydroxylamine groups is 1. The number of aldehydes is 1. The number of halogens is 1. The van der Waals surface area contributed by atoms with Crippen molar-refractivity contribution < 1.29 is 18.8 Å². The number of hydrogen-bond donors (Lipinski definition) is 2. The Morgan fingerprint density at radius 2 is 2.21 bits per heavy atom. The monoisotopic (exact) mass is 329 g/mol. The second-order valence-corrected chi connectivity index (χ2v) is 5.49. The van der Waals surface area contributed by atoms with Gasteiger partial charge < -0.3 is 9.88 Å². The van der Waals surface area contributed by atoms with Crippen LogP contribution in [0.2, 0.25) is 0 Å². The third kappa shape index (κ3) is 2.93. The fourth-order valence-electron chi connectivity index (χ4n) is 2.53. The number of carbonyl (C=O) groups excluding carboxylic acids is 2. The van der Waals surface area contributed by atoms with Crippen molar-refractivity contribution in [1.82, 2.24) is 15.4 Å². The van der Waals surface area contributed by atoms with Crippen molar-refractivity contribution in [1.29, 1.82) is 0 Å². The summed E-state index contributed by atoms with van der Waals surface area (Å²) in [4.78, 5) is 27.2. The Hall–Kier alpha value is -2.93. The van der Waals surface area contributed by atoms with E-state index in [4.69, 9.17) is 4.84 Å². The fraction of sp³-hybridized carbons (Fsp3) is 0.176. The number of carbonyl (C=O) groups is 2. The number of hydrogen-bond acceptors (Lipinski definition) is 4. The molecule has 1 amide bonds. The van der Waals surface area contributed by atoms with Gasteiger partial charge in [0.1, 0.15) is 5.82 Å². The van der Waals surface area contributed by atoms with Gasteiger partial charge in [-0.3, -0.25) is 15.1 Å². The molecule has 1 aliphatic heterocycles. The summed E-state index contributed by atoms with van der Waals surface area (Å²) in [6.07, 6.45) is 3.30. The van der Waals surface area contributed by atoms with Crippen LogP contribution in [0.3, 0.4) is 0 Å². The first-order chi connectivity index (χ1) is 11.5. The van der Waals surface area contributed by atoms with E-state index in [1.807, 2.05) is 0 Å². The highest BCUT2D eigenvalue weighted by Gasteiger charge is 2.25. The molecule has 2 heterocycles. The average molecular weight is 329 g/mol. The first kappa shape index (κ1) is 15.9. The lowest BCUT2D eigenvalue weighted by atomic mass is 10.1. The van der Waals surface area contributed by atoms with Gasteiger partial charge in [0.15, 0.2) is 12.5 Å². The maximum absolute atomic E-state index is 14.5. The smallest absolute Gasteiger partial charge is 0.219 e. The normalized spacial score (nSPS) is 16.9. The van der Waals surface area contributed by atoms with E-state index in [0.717, 1.165) is 5.57 Å². The second-order valence-electron chi connectivity index (χ2n) is 5.49. The summed E-state index contributed by atoms with van der Waals surface area (Å²) in [6.45, 7) is 3.19. The summed E-state index contributed by atoms with van der Waals surface area (Å²) in [5.74, 6) is -0.659. The van der Waals surface area contributed by atoms with Crippen LogP contribution in [0, 0.1) is 5.82 Å². The molecule has 1 aromatic heterocycles. The summed E-state index contributed by atoms with van der Waals surface area (Å²) in [6, 6.07) is 6.34. The maximum Gasteiger partial charge on any atom is 0.219 e. The minimum Gasteiger partial charge on any atom is -0.325 e. The minimum atomic E-state index is -0.583. The van der Waals surface area contributed by atoms with E-state index in [1.54, 1.807) is 42.1 Å². The first-order valence-electron chi connectivity index (χ1n) is 7.32. The highest BCUT2D eigenvalue weighted by molar-refractivity contribution is 5.76.